The number of ether oxygens (including phenoxy) is 1. The molecule has 0 aliphatic heterocycles. The van der Waals surface area contributed by atoms with Crippen molar-refractivity contribution < 1.29 is 22.7 Å². The summed E-state index contributed by atoms with van der Waals surface area (Å²) in [5.74, 6) is 0.294. The number of nitrogens with one attached hydrogen (secondary N) is 1. The normalized spacial score (nSPS) is 11.2. The number of halogens is 3. The molecule has 0 fully saturated rings. The fourth-order valence-electron chi connectivity index (χ4n) is 2.41. The highest BCUT2D eigenvalue weighted by molar-refractivity contribution is 5.91. The van der Waals surface area contributed by atoms with Crippen LogP contribution >= 0.6 is 0 Å². The lowest BCUT2D eigenvalue weighted by Crippen LogP contribution is -2.16. The second kappa shape index (κ2) is 7.38. The summed E-state index contributed by atoms with van der Waals surface area (Å²) in [7, 11) is 1.58. The molecule has 0 saturated carbocycles. The van der Waals surface area contributed by atoms with E-state index in [-0.39, 0.29) is 12.1 Å². The van der Waals surface area contributed by atoms with Gasteiger partial charge in [0.1, 0.15) is 5.75 Å². The molecule has 0 unspecified atom stereocenters. The number of hydrogen-bond donors (Lipinski definition) is 1. The highest BCUT2D eigenvalue weighted by Gasteiger charge is 2.33. The molecule has 2 aromatic rings. The third-order valence-electron chi connectivity index (χ3n) is 3.61. The van der Waals surface area contributed by atoms with E-state index >= 15 is 0 Å². The zero-order valence-corrected chi connectivity index (χ0v) is 13.4. The number of amides is 1. The predicted octanol–water partition coefficient (Wildman–Crippen LogP) is 4.59. The van der Waals surface area contributed by atoms with Gasteiger partial charge in [0.05, 0.1) is 18.4 Å². The molecule has 1 N–H and O–H groups in total. The molecule has 2 aromatic carbocycles. The van der Waals surface area contributed by atoms with Crippen molar-refractivity contribution in [3.63, 3.8) is 0 Å². The number of anilines is 1. The van der Waals surface area contributed by atoms with Crippen molar-refractivity contribution in [2.24, 2.45) is 0 Å². The quantitative estimate of drug-likeness (QED) is 0.866. The first-order valence-electron chi connectivity index (χ1n) is 7.41. The lowest BCUT2D eigenvalue weighted by Gasteiger charge is -2.13. The molecule has 0 atom stereocenters. The third kappa shape index (κ3) is 4.50. The number of methoxy groups -OCH3 is 1. The zero-order chi connectivity index (χ0) is 17.7. The van der Waals surface area contributed by atoms with E-state index in [1.54, 1.807) is 7.11 Å². The second-order valence-corrected chi connectivity index (χ2v) is 5.40. The maximum Gasteiger partial charge on any atom is 0.418 e. The van der Waals surface area contributed by atoms with E-state index in [0.717, 1.165) is 22.9 Å². The van der Waals surface area contributed by atoms with Gasteiger partial charge in [-0.25, -0.2) is 0 Å². The number of carbonyl (C=O) groups is 1. The van der Waals surface area contributed by atoms with Crippen LogP contribution in [0.25, 0.3) is 0 Å². The van der Waals surface area contributed by atoms with Crippen LogP contribution in [0.2, 0.25) is 0 Å². The first kappa shape index (κ1) is 17.8. The molecule has 6 heteroatoms. The highest BCUT2D eigenvalue weighted by atomic mass is 19.4. The number of para-hydroxylation sites is 1. The van der Waals surface area contributed by atoms with Crippen molar-refractivity contribution in [3.05, 3.63) is 59.2 Å². The lowest BCUT2D eigenvalue weighted by molar-refractivity contribution is -0.137. The summed E-state index contributed by atoms with van der Waals surface area (Å²) in [6.45, 7) is 1.89. The number of carbonyl (C=O) groups excluding carboxylic acids is 1. The van der Waals surface area contributed by atoms with Crippen molar-refractivity contribution in [1.82, 2.24) is 0 Å². The number of benzene rings is 2. The molecule has 0 spiro atoms. The summed E-state index contributed by atoms with van der Waals surface area (Å²) in [4.78, 5) is 12.0. The van der Waals surface area contributed by atoms with Gasteiger partial charge in [0, 0.05) is 6.42 Å². The maximum atomic E-state index is 12.9. The predicted molar refractivity (Wildman–Crippen MR) is 86.1 cm³/mol. The SMILES string of the molecule is COc1ccc(CCC(=O)Nc2ccccc2C(F)(F)F)cc1C. The van der Waals surface area contributed by atoms with Gasteiger partial charge >= 0.3 is 6.18 Å². The van der Waals surface area contributed by atoms with Gasteiger partial charge in [0.2, 0.25) is 5.91 Å². The Morgan fingerprint density at radius 2 is 1.88 bits per heavy atom. The molecule has 24 heavy (non-hydrogen) atoms. The molecule has 0 aromatic heterocycles. The Labute approximate surface area is 138 Å². The molecular formula is C18H18F3NO2. The summed E-state index contributed by atoms with van der Waals surface area (Å²) in [5.41, 5.74) is 0.796. The molecular weight excluding hydrogens is 319 g/mol. The maximum absolute atomic E-state index is 12.9. The Morgan fingerprint density at radius 3 is 2.50 bits per heavy atom. The molecule has 3 nitrogen and oxygen atoms in total. The van der Waals surface area contributed by atoms with E-state index in [0.29, 0.717) is 6.42 Å². The Morgan fingerprint density at radius 1 is 1.17 bits per heavy atom. The summed E-state index contributed by atoms with van der Waals surface area (Å²) >= 11 is 0. The fraction of sp³-hybridized carbons (Fsp3) is 0.278. The number of aryl methyl sites for hydroxylation is 2. The van der Waals surface area contributed by atoms with Crippen LogP contribution in [0.3, 0.4) is 0 Å². The average molecular weight is 337 g/mol. The molecule has 0 aliphatic carbocycles. The fourth-order valence-corrected chi connectivity index (χ4v) is 2.41. The van der Waals surface area contributed by atoms with Crippen LogP contribution in [0.1, 0.15) is 23.1 Å². The van der Waals surface area contributed by atoms with E-state index in [1.165, 1.54) is 18.2 Å². The monoisotopic (exact) mass is 337 g/mol. The van der Waals surface area contributed by atoms with Crippen LogP contribution in [0, 0.1) is 6.92 Å². The summed E-state index contributed by atoms with van der Waals surface area (Å²) in [6, 6.07) is 10.5. The van der Waals surface area contributed by atoms with E-state index in [9.17, 15) is 18.0 Å². The van der Waals surface area contributed by atoms with Crippen LogP contribution in [-0.4, -0.2) is 13.0 Å². The minimum atomic E-state index is -4.50. The van der Waals surface area contributed by atoms with Crippen LogP contribution in [-0.2, 0) is 17.4 Å². The Hall–Kier alpha value is -2.50. The van der Waals surface area contributed by atoms with E-state index in [1.807, 2.05) is 25.1 Å². The van der Waals surface area contributed by atoms with Crippen LogP contribution in [0.5, 0.6) is 5.75 Å². The first-order chi connectivity index (χ1) is 11.3. The standard InChI is InChI=1S/C18H18F3NO2/c1-12-11-13(7-9-16(12)24-2)8-10-17(23)22-15-6-4-3-5-14(15)18(19,20)21/h3-7,9,11H,8,10H2,1-2H3,(H,22,23). The van der Waals surface area contributed by atoms with E-state index in [2.05, 4.69) is 5.32 Å². The smallest absolute Gasteiger partial charge is 0.418 e. The van der Waals surface area contributed by atoms with Crippen LogP contribution in [0.4, 0.5) is 18.9 Å². The Bertz CT molecular complexity index is 726. The van der Waals surface area contributed by atoms with Gasteiger partial charge in [-0.1, -0.05) is 24.3 Å². The van der Waals surface area contributed by atoms with Gasteiger partial charge in [-0.15, -0.1) is 0 Å². The van der Waals surface area contributed by atoms with Gasteiger partial charge in [-0.3, -0.25) is 4.79 Å². The molecule has 0 heterocycles. The third-order valence-corrected chi connectivity index (χ3v) is 3.61. The van der Waals surface area contributed by atoms with Crippen molar-refractivity contribution in [2.45, 2.75) is 25.9 Å². The van der Waals surface area contributed by atoms with Crippen molar-refractivity contribution >= 4 is 11.6 Å². The molecule has 2 rings (SSSR count). The van der Waals surface area contributed by atoms with E-state index < -0.39 is 17.6 Å². The molecule has 128 valence electrons. The minimum Gasteiger partial charge on any atom is -0.496 e. The van der Waals surface area contributed by atoms with Crippen molar-refractivity contribution in [3.8, 4) is 5.75 Å². The molecule has 0 bridgehead atoms. The Balaban J connectivity index is 2.01. The second-order valence-electron chi connectivity index (χ2n) is 5.40. The van der Waals surface area contributed by atoms with Crippen LogP contribution < -0.4 is 10.1 Å². The van der Waals surface area contributed by atoms with Crippen LogP contribution in [0.15, 0.2) is 42.5 Å². The number of alkyl halides is 3. The zero-order valence-electron chi connectivity index (χ0n) is 13.4. The highest BCUT2D eigenvalue weighted by Crippen LogP contribution is 2.34. The number of hydrogen-bond acceptors (Lipinski definition) is 2. The summed E-state index contributed by atoms with van der Waals surface area (Å²) in [6.07, 6.45) is -3.97. The van der Waals surface area contributed by atoms with Crippen molar-refractivity contribution in [2.75, 3.05) is 12.4 Å². The van der Waals surface area contributed by atoms with Gasteiger partial charge in [-0.05, 0) is 42.7 Å². The molecule has 0 radical (unpaired) electrons. The molecule has 1 amide bonds. The minimum absolute atomic E-state index is 0.0952. The van der Waals surface area contributed by atoms with Gasteiger partial charge in [-0.2, -0.15) is 13.2 Å². The van der Waals surface area contributed by atoms with Gasteiger partial charge in [0.15, 0.2) is 0 Å². The molecule has 0 aliphatic rings. The van der Waals surface area contributed by atoms with Gasteiger partial charge in [0.25, 0.3) is 0 Å². The van der Waals surface area contributed by atoms with Crippen molar-refractivity contribution in [1.29, 1.82) is 0 Å². The lowest BCUT2D eigenvalue weighted by atomic mass is 10.1. The summed E-state index contributed by atoms with van der Waals surface area (Å²) in [5, 5.41) is 2.34. The Kier molecular flexibility index (Phi) is 5.49. The summed E-state index contributed by atoms with van der Waals surface area (Å²) < 4.78 is 43.9. The van der Waals surface area contributed by atoms with Gasteiger partial charge < -0.3 is 10.1 Å². The average Bonchev–Trinajstić information content (AvgIpc) is 2.52. The largest absolute Gasteiger partial charge is 0.496 e. The topological polar surface area (TPSA) is 38.3 Å². The molecule has 0 saturated heterocycles. The number of rotatable bonds is 5. The first-order valence-corrected chi connectivity index (χ1v) is 7.41. The van der Waals surface area contributed by atoms with E-state index in [4.69, 9.17) is 4.74 Å².